The zero-order valence-electron chi connectivity index (χ0n) is 10.2. The van der Waals surface area contributed by atoms with Gasteiger partial charge in [0.25, 0.3) is 0 Å². The predicted octanol–water partition coefficient (Wildman–Crippen LogP) is 2.76. The summed E-state index contributed by atoms with van der Waals surface area (Å²) in [6, 6.07) is 9.27. The van der Waals surface area contributed by atoms with Gasteiger partial charge in [-0.3, -0.25) is 4.98 Å². The highest BCUT2D eigenvalue weighted by molar-refractivity contribution is 5.92. The van der Waals surface area contributed by atoms with Gasteiger partial charge in [-0.15, -0.1) is 0 Å². The van der Waals surface area contributed by atoms with Crippen molar-refractivity contribution in [2.75, 3.05) is 7.11 Å². The van der Waals surface area contributed by atoms with Crippen LogP contribution < -0.4 is 4.74 Å². The second-order valence-corrected chi connectivity index (χ2v) is 3.94. The van der Waals surface area contributed by atoms with E-state index in [1.165, 1.54) is 19.4 Å². The number of aromatic carboxylic acids is 1. The van der Waals surface area contributed by atoms with Crippen molar-refractivity contribution in [2.24, 2.45) is 0 Å². The molecule has 1 heterocycles. The number of carboxylic acid groups (broad SMARTS) is 1. The molecule has 0 saturated carbocycles. The lowest BCUT2D eigenvalue weighted by atomic mass is 10.1. The van der Waals surface area contributed by atoms with Crippen molar-refractivity contribution >= 4 is 5.97 Å². The molecule has 0 radical (unpaired) electrons. The van der Waals surface area contributed by atoms with Gasteiger partial charge in [0.2, 0.25) is 0 Å². The van der Waals surface area contributed by atoms with Crippen molar-refractivity contribution < 1.29 is 14.6 Å². The molecule has 0 unspecified atom stereocenters. The summed E-state index contributed by atoms with van der Waals surface area (Å²) < 4.78 is 4.98. The van der Waals surface area contributed by atoms with Gasteiger partial charge in [-0.1, -0.05) is 23.8 Å². The Morgan fingerprint density at radius 1 is 1.33 bits per heavy atom. The molecule has 1 N–H and O–H groups in total. The third-order valence-corrected chi connectivity index (χ3v) is 2.63. The second kappa shape index (κ2) is 4.87. The first-order valence-corrected chi connectivity index (χ1v) is 5.46. The van der Waals surface area contributed by atoms with Crippen molar-refractivity contribution in [2.45, 2.75) is 6.92 Å². The quantitative estimate of drug-likeness (QED) is 0.900. The van der Waals surface area contributed by atoms with E-state index >= 15 is 0 Å². The smallest absolute Gasteiger partial charge is 0.339 e. The van der Waals surface area contributed by atoms with Gasteiger partial charge in [-0.2, -0.15) is 0 Å². The standard InChI is InChI=1S/C14H13NO3/c1-9-4-3-5-10(6-9)12-7-11(14(16)17)13(18-2)8-15-12/h3-8H,1-2H3,(H,16,17). The molecule has 1 aromatic carbocycles. The van der Waals surface area contributed by atoms with E-state index in [4.69, 9.17) is 9.84 Å². The lowest BCUT2D eigenvalue weighted by Gasteiger charge is -2.07. The maximum atomic E-state index is 11.1. The first-order chi connectivity index (χ1) is 8.61. The molecule has 0 fully saturated rings. The number of ether oxygens (including phenoxy) is 1. The summed E-state index contributed by atoms with van der Waals surface area (Å²) in [5, 5.41) is 9.11. The van der Waals surface area contributed by atoms with Crippen LogP contribution in [0.4, 0.5) is 0 Å². The number of benzene rings is 1. The van der Waals surface area contributed by atoms with Crippen LogP contribution >= 0.6 is 0 Å². The molecule has 4 heteroatoms. The minimum absolute atomic E-state index is 0.115. The van der Waals surface area contributed by atoms with E-state index in [2.05, 4.69) is 4.98 Å². The number of aromatic nitrogens is 1. The molecule has 1 aromatic heterocycles. The summed E-state index contributed by atoms with van der Waals surface area (Å²) in [5.74, 6) is -0.762. The van der Waals surface area contributed by atoms with Gasteiger partial charge in [0.1, 0.15) is 5.56 Å². The van der Waals surface area contributed by atoms with Crippen molar-refractivity contribution in [3.8, 4) is 17.0 Å². The Hall–Kier alpha value is -2.36. The van der Waals surface area contributed by atoms with Gasteiger partial charge in [0, 0.05) is 5.56 Å². The Kier molecular flexibility index (Phi) is 3.28. The molecule has 92 valence electrons. The highest BCUT2D eigenvalue weighted by atomic mass is 16.5. The van der Waals surface area contributed by atoms with Crippen LogP contribution in [0.3, 0.4) is 0 Å². The Balaban J connectivity index is 2.53. The Bertz CT molecular complexity index is 593. The predicted molar refractivity (Wildman–Crippen MR) is 67.9 cm³/mol. The van der Waals surface area contributed by atoms with Gasteiger partial charge in [0.05, 0.1) is 19.0 Å². The monoisotopic (exact) mass is 243 g/mol. The average molecular weight is 243 g/mol. The SMILES string of the molecule is COc1cnc(-c2cccc(C)c2)cc1C(=O)O. The third kappa shape index (κ3) is 2.32. The fourth-order valence-corrected chi connectivity index (χ4v) is 1.73. The summed E-state index contributed by atoms with van der Waals surface area (Å²) in [5.41, 5.74) is 2.73. The van der Waals surface area contributed by atoms with Gasteiger partial charge < -0.3 is 9.84 Å². The zero-order chi connectivity index (χ0) is 13.1. The van der Waals surface area contributed by atoms with E-state index in [0.717, 1.165) is 11.1 Å². The molecule has 0 atom stereocenters. The number of rotatable bonds is 3. The molecular formula is C14H13NO3. The third-order valence-electron chi connectivity index (χ3n) is 2.63. The van der Waals surface area contributed by atoms with Crippen molar-refractivity contribution in [3.63, 3.8) is 0 Å². The van der Waals surface area contributed by atoms with Gasteiger partial charge >= 0.3 is 5.97 Å². The van der Waals surface area contributed by atoms with E-state index < -0.39 is 5.97 Å². The molecule has 0 bridgehead atoms. The minimum atomic E-state index is -1.02. The number of aryl methyl sites for hydroxylation is 1. The molecule has 0 aliphatic heterocycles. The Morgan fingerprint density at radius 3 is 2.72 bits per heavy atom. The van der Waals surface area contributed by atoms with Gasteiger partial charge in [0.15, 0.2) is 5.75 Å². The molecule has 0 saturated heterocycles. The highest BCUT2D eigenvalue weighted by Crippen LogP contribution is 2.24. The number of nitrogens with zero attached hydrogens (tertiary/aromatic N) is 1. The largest absolute Gasteiger partial charge is 0.494 e. The summed E-state index contributed by atoms with van der Waals surface area (Å²) in [7, 11) is 1.43. The normalized spacial score (nSPS) is 10.1. The molecule has 4 nitrogen and oxygen atoms in total. The zero-order valence-corrected chi connectivity index (χ0v) is 10.2. The first-order valence-electron chi connectivity index (χ1n) is 5.46. The van der Waals surface area contributed by atoms with E-state index in [-0.39, 0.29) is 11.3 Å². The van der Waals surface area contributed by atoms with E-state index in [9.17, 15) is 4.79 Å². The maximum Gasteiger partial charge on any atom is 0.339 e. The summed E-state index contributed by atoms with van der Waals surface area (Å²) in [4.78, 5) is 15.3. The van der Waals surface area contributed by atoms with Gasteiger partial charge in [-0.05, 0) is 19.1 Å². The van der Waals surface area contributed by atoms with Crippen LogP contribution in [-0.2, 0) is 0 Å². The van der Waals surface area contributed by atoms with Crippen LogP contribution in [0.2, 0.25) is 0 Å². The highest BCUT2D eigenvalue weighted by Gasteiger charge is 2.13. The molecular weight excluding hydrogens is 230 g/mol. The van der Waals surface area contributed by atoms with Crippen LogP contribution in [0, 0.1) is 6.92 Å². The summed E-state index contributed by atoms with van der Waals surface area (Å²) in [6.07, 6.45) is 1.43. The molecule has 0 spiro atoms. The van der Waals surface area contributed by atoms with Crippen LogP contribution in [-0.4, -0.2) is 23.2 Å². The van der Waals surface area contributed by atoms with Crippen LogP contribution in [0.25, 0.3) is 11.3 Å². The topological polar surface area (TPSA) is 59.4 Å². The van der Waals surface area contributed by atoms with Gasteiger partial charge in [-0.25, -0.2) is 4.79 Å². The molecule has 0 aliphatic rings. The number of hydrogen-bond donors (Lipinski definition) is 1. The van der Waals surface area contributed by atoms with E-state index in [0.29, 0.717) is 5.69 Å². The number of methoxy groups -OCH3 is 1. The maximum absolute atomic E-state index is 11.1. The fraction of sp³-hybridized carbons (Fsp3) is 0.143. The summed E-state index contributed by atoms with van der Waals surface area (Å²) in [6.45, 7) is 1.98. The Labute approximate surface area is 105 Å². The molecule has 2 rings (SSSR count). The fourth-order valence-electron chi connectivity index (χ4n) is 1.73. The number of carboxylic acids is 1. The lowest BCUT2D eigenvalue weighted by Crippen LogP contribution is -2.02. The second-order valence-electron chi connectivity index (χ2n) is 3.94. The number of pyridine rings is 1. The number of carbonyl (C=O) groups is 1. The lowest BCUT2D eigenvalue weighted by molar-refractivity contribution is 0.0693. The van der Waals surface area contributed by atoms with E-state index in [1.807, 2.05) is 31.2 Å². The Morgan fingerprint density at radius 2 is 2.11 bits per heavy atom. The molecule has 18 heavy (non-hydrogen) atoms. The van der Waals surface area contributed by atoms with Crippen LogP contribution in [0.5, 0.6) is 5.75 Å². The van der Waals surface area contributed by atoms with Crippen molar-refractivity contribution in [3.05, 3.63) is 47.7 Å². The molecule has 2 aromatic rings. The van der Waals surface area contributed by atoms with Crippen LogP contribution in [0.1, 0.15) is 15.9 Å². The first kappa shape index (κ1) is 12.1. The molecule has 0 amide bonds. The molecule has 0 aliphatic carbocycles. The van der Waals surface area contributed by atoms with E-state index in [1.54, 1.807) is 0 Å². The number of hydrogen-bond acceptors (Lipinski definition) is 3. The van der Waals surface area contributed by atoms with Crippen LogP contribution in [0.15, 0.2) is 36.5 Å². The van der Waals surface area contributed by atoms with Crippen molar-refractivity contribution in [1.29, 1.82) is 0 Å². The minimum Gasteiger partial charge on any atom is -0.494 e. The van der Waals surface area contributed by atoms with Crippen molar-refractivity contribution in [1.82, 2.24) is 4.98 Å². The average Bonchev–Trinajstić information content (AvgIpc) is 2.38. The summed E-state index contributed by atoms with van der Waals surface area (Å²) >= 11 is 0.